The molecule has 0 unspecified atom stereocenters. The van der Waals surface area contributed by atoms with Crippen LogP contribution in [0.4, 0.5) is 11.4 Å². The number of sulfonamides is 1. The fraction of sp³-hybridized carbons (Fsp3) is 0.296. The Balaban J connectivity index is 2.20. The number of terminal acetylenes is 1. The van der Waals surface area contributed by atoms with E-state index >= 15 is 0 Å². The number of nitrogens with zero attached hydrogens (tertiary/aromatic N) is 1. The van der Waals surface area contributed by atoms with Gasteiger partial charge in [-0.2, -0.15) is 0 Å². The van der Waals surface area contributed by atoms with Crippen LogP contribution in [0.25, 0.3) is 10.8 Å². The van der Waals surface area contributed by atoms with E-state index in [9.17, 15) is 18.3 Å². The van der Waals surface area contributed by atoms with Crippen LogP contribution in [-0.2, 0) is 14.8 Å². The summed E-state index contributed by atoms with van der Waals surface area (Å²) in [5.41, 5.74) is 0.954. The summed E-state index contributed by atoms with van der Waals surface area (Å²) in [5, 5.41) is 10.6. The van der Waals surface area contributed by atoms with Gasteiger partial charge in [-0.15, -0.1) is 6.42 Å². The molecule has 3 aromatic carbocycles. The molecule has 0 fully saturated rings. The third-order valence-electron chi connectivity index (χ3n) is 5.96. The second-order valence-electron chi connectivity index (χ2n) is 8.24. The number of aliphatic carboxylic acids is 1. The molecule has 0 radical (unpaired) electrons. The van der Waals surface area contributed by atoms with Gasteiger partial charge in [-0.3, -0.25) is 9.52 Å². The summed E-state index contributed by atoms with van der Waals surface area (Å²) >= 11 is 0. The molecule has 10 nitrogen and oxygen atoms in total. The van der Waals surface area contributed by atoms with Crippen LogP contribution >= 0.6 is 0 Å². The lowest BCUT2D eigenvalue weighted by Crippen LogP contribution is -2.35. The highest BCUT2D eigenvalue weighted by molar-refractivity contribution is 7.93. The van der Waals surface area contributed by atoms with E-state index < -0.39 is 22.0 Å². The smallest absolute Gasteiger partial charge is 0.305 e. The van der Waals surface area contributed by atoms with Crippen molar-refractivity contribution in [3.05, 3.63) is 42.5 Å². The zero-order chi connectivity index (χ0) is 28.0. The first kappa shape index (κ1) is 28.3. The quantitative estimate of drug-likeness (QED) is 0.327. The molecule has 0 aromatic heterocycles. The van der Waals surface area contributed by atoms with Crippen LogP contribution in [0.1, 0.15) is 13.3 Å². The van der Waals surface area contributed by atoms with Crippen molar-refractivity contribution in [1.82, 2.24) is 0 Å². The minimum absolute atomic E-state index is 0.0544. The Kier molecular flexibility index (Phi) is 8.80. The fourth-order valence-electron chi connectivity index (χ4n) is 4.27. The van der Waals surface area contributed by atoms with E-state index in [0.29, 0.717) is 16.5 Å². The van der Waals surface area contributed by atoms with Crippen LogP contribution in [0.2, 0.25) is 0 Å². The van der Waals surface area contributed by atoms with Crippen LogP contribution in [0, 0.1) is 12.3 Å². The number of carboxylic acid groups (broad SMARTS) is 1. The van der Waals surface area contributed by atoms with Gasteiger partial charge in [0.15, 0.2) is 27.9 Å². The highest BCUT2D eigenvalue weighted by atomic mass is 32.2. The summed E-state index contributed by atoms with van der Waals surface area (Å²) in [4.78, 5) is 12.9. The van der Waals surface area contributed by atoms with Crippen LogP contribution in [0.3, 0.4) is 0 Å². The first-order valence-corrected chi connectivity index (χ1v) is 12.9. The molecule has 0 bridgehead atoms. The van der Waals surface area contributed by atoms with Crippen molar-refractivity contribution in [2.24, 2.45) is 0 Å². The normalized spacial score (nSPS) is 11.8. The van der Waals surface area contributed by atoms with E-state index in [1.165, 1.54) is 34.5 Å². The van der Waals surface area contributed by atoms with E-state index in [0.717, 1.165) is 0 Å². The number of nitrogens with one attached hydrogen (secondary N) is 1. The standard InChI is InChI=1S/C27H30N2O8S/c1-7-14-29(17(2)15-24(30)31)21-13-12-20(18-10-8-9-11-19(18)21)28-38(32,33)27-25(36-5)22(34-3)16-23(35-4)26(27)37-6/h1,8-13,16-17,28H,14-15H2,2-6H3,(H,30,31)/t17-/m0/s1. The maximum Gasteiger partial charge on any atom is 0.305 e. The maximum absolute atomic E-state index is 13.8. The molecule has 2 N–H and O–H groups in total. The molecule has 0 aliphatic heterocycles. The van der Waals surface area contributed by atoms with E-state index in [1.54, 1.807) is 42.2 Å². The van der Waals surface area contributed by atoms with Crippen molar-refractivity contribution < 1.29 is 37.3 Å². The third kappa shape index (κ3) is 5.50. The zero-order valence-corrected chi connectivity index (χ0v) is 22.6. The molecule has 11 heteroatoms. The summed E-state index contributed by atoms with van der Waals surface area (Å²) in [5.74, 6) is 1.80. The highest BCUT2D eigenvalue weighted by Gasteiger charge is 2.32. The number of hydrogen-bond donors (Lipinski definition) is 2. The maximum atomic E-state index is 13.8. The summed E-state index contributed by atoms with van der Waals surface area (Å²) in [6.45, 7) is 1.94. The van der Waals surface area contributed by atoms with Crippen molar-refractivity contribution >= 4 is 38.1 Å². The van der Waals surface area contributed by atoms with Gasteiger partial charge in [-0.25, -0.2) is 8.42 Å². The molecule has 0 heterocycles. The monoisotopic (exact) mass is 542 g/mol. The Hall–Kier alpha value is -4.30. The Morgan fingerprint density at radius 2 is 1.58 bits per heavy atom. The second kappa shape index (κ2) is 11.8. The lowest BCUT2D eigenvalue weighted by molar-refractivity contribution is -0.137. The molecular weight excluding hydrogens is 512 g/mol. The van der Waals surface area contributed by atoms with E-state index in [4.69, 9.17) is 25.4 Å². The van der Waals surface area contributed by atoms with E-state index in [2.05, 4.69) is 10.6 Å². The molecule has 38 heavy (non-hydrogen) atoms. The molecule has 3 rings (SSSR count). The van der Waals surface area contributed by atoms with E-state index in [1.807, 2.05) is 6.07 Å². The molecule has 1 atom stereocenters. The number of carbonyl (C=O) groups is 1. The topological polar surface area (TPSA) is 124 Å². The van der Waals surface area contributed by atoms with Gasteiger partial charge in [-0.05, 0) is 19.1 Å². The minimum atomic E-state index is -4.31. The van der Waals surface area contributed by atoms with Crippen LogP contribution in [0.5, 0.6) is 23.0 Å². The van der Waals surface area contributed by atoms with Crippen molar-refractivity contribution in [3.63, 3.8) is 0 Å². The Bertz CT molecular complexity index is 1450. The number of benzene rings is 3. The number of ether oxygens (including phenoxy) is 4. The van der Waals surface area contributed by atoms with Gasteiger partial charge < -0.3 is 29.0 Å². The molecule has 0 aliphatic carbocycles. The molecule has 202 valence electrons. The number of rotatable bonds is 12. The first-order chi connectivity index (χ1) is 18.1. The summed E-state index contributed by atoms with van der Waals surface area (Å²) in [7, 11) is 1.10. The summed E-state index contributed by atoms with van der Waals surface area (Å²) < 4.78 is 51.7. The number of hydrogen-bond acceptors (Lipinski definition) is 8. The van der Waals surface area contributed by atoms with Gasteiger partial charge in [0.25, 0.3) is 10.0 Å². The van der Waals surface area contributed by atoms with Crippen molar-refractivity contribution in [1.29, 1.82) is 0 Å². The first-order valence-electron chi connectivity index (χ1n) is 11.5. The summed E-state index contributed by atoms with van der Waals surface area (Å²) in [6.07, 6.45) is 5.46. The molecule has 0 amide bonds. The Labute approximate surface area is 222 Å². The predicted octanol–water partition coefficient (Wildman–Crippen LogP) is 3.98. The van der Waals surface area contributed by atoms with Crippen LogP contribution in [-0.4, -0.2) is 60.5 Å². The predicted molar refractivity (Wildman–Crippen MR) is 145 cm³/mol. The second-order valence-corrected chi connectivity index (χ2v) is 9.86. The fourth-order valence-corrected chi connectivity index (χ4v) is 5.69. The summed E-state index contributed by atoms with van der Waals surface area (Å²) in [6, 6.07) is 11.5. The lowest BCUT2D eigenvalue weighted by atomic mass is 10.0. The average Bonchev–Trinajstić information content (AvgIpc) is 2.90. The van der Waals surface area contributed by atoms with Crippen LogP contribution in [0.15, 0.2) is 47.4 Å². The molecule has 3 aromatic rings. The van der Waals surface area contributed by atoms with Gasteiger partial charge in [-0.1, -0.05) is 30.2 Å². The third-order valence-corrected chi connectivity index (χ3v) is 7.35. The van der Waals surface area contributed by atoms with Gasteiger partial charge in [0.05, 0.1) is 47.1 Å². The molecule has 0 aliphatic rings. The molecule has 0 spiro atoms. The molecule has 0 saturated heterocycles. The van der Waals surface area contributed by atoms with Crippen molar-refractivity contribution in [2.45, 2.75) is 24.3 Å². The largest absolute Gasteiger partial charge is 0.493 e. The Morgan fingerprint density at radius 3 is 2.08 bits per heavy atom. The van der Waals surface area contributed by atoms with Gasteiger partial charge in [0.1, 0.15) is 0 Å². The minimum Gasteiger partial charge on any atom is -0.493 e. The van der Waals surface area contributed by atoms with Gasteiger partial charge in [0.2, 0.25) is 0 Å². The number of carboxylic acids is 1. The zero-order valence-electron chi connectivity index (χ0n) is 21.8. The van der Waals surface area contributed by atoms with Crippen LogP contribution < -0.4 is 28.6 Å². The Morgan fingerprint density at radius 1 is 1.00 bits per heavy atom. The number of fused-ring (bicyclic) bond motifs is 1. The highest BCUT2D eigenvalue weighted by Crippen LogP contribution is 2.47. The van der Waals surface area contributed by atoms with Gasteiger partial charge in [0, 0.05) is 28.6 Å². The molecule has 0 saturated carbocycles. The van der Waals surface area contributed by atoms with Crippen molar-refractivity contribution in [3.8, 4) is 35.3 Å². The SMILES string of the molecule is C#CCN(c1ccc(NS(=O)(=O)c2c(OC)c(OC)cc(OC)c2OC)c2ccccc12)[C@@H](C)CC(=O)O. The number of anilines is 2. The molecular formula is C27H30N2O8S. The average molecular weight is 543 g/mol. The van der Waals surface area contributed by atoms with Crippen molar-refractivity contribution in [2.75, 3.05) is 44.6 Å². The lowest BCUT2D eigenvalue weighted by Gasteiger charge is -2.30. The van der Waals surface area contributed by atoms with Gasteiger partial charge >= 0.3 is 5.97 Å². The van der Waals surface area contributed by atoms with E-state index in [-0.39, 0.29) is 46.5 Å². The number of methoxy groups -OCH3 is 4.